The quantitative estimate of drug-likeness (QED) is 0.162. The van der Waals surface area contributed by atoms with Crippen LogP contribution >= 0.6 is 35.7 Å². The first-order valence-electron chi connectivity index (χ1n) is 7.94. The van der Waals surface area contributed by atoms with Crippen molar-refractivity contribution in [2.24, 2.45) is 0 Å². The third-order valence-electron chi connectivity index (χ3n) is 3.86. The van der Waals surface area contributed by atoms with Crippen LogP contribution in [0.3, 0.4) is 0 Å². The van der Waals surface area contributed by atoms with Gasteiger partial charge in [0, 0.05) is 6.20 Å². The van der Waals surface area contributed by atoms with E-state index >= 15 is 0 Å². The van der Waals surface area contributed by atoms with Crippen LogP contribution in [0, 0.1) is 4.77 Å². The second-order valence-electron chi connectivity index (χ2n) is 6.22. The van der Waals surface area contributed by atoms with Gasteiger partial charge in [0.2, 0.25) is 10.4 Å². The maximum atomic E-state index is 13.7. The molecule has 16 nitrogen and oxygen atoms in total. The number of aromatic nitrogens is 2. The molecule has 0 saturated carbocycles. The SMILES string of the molecule is Nc1ccn([C@@H]2O[C@H](COP(=O)(O)OP(=O)(O)OP(=O)(O)O)C(O)[C@]2(O)C(F)(F)F)c(=S)n1. The molecule has 1 aliphatic rings. The zero-order valence-electron chi connectivity index (χ0n) is 15.5. The summed E-state index contributed by atoms with van der Waals surface area (Å²) in [6.07, 6.45) is -12.3. The second kappa shape index (κ2) is 9.33. The molecule has 3 unspecified atom stereocenters. The van der Waals surface area contributed by atoms with Crippen molar-refractivity contribution in [2.75, 3.05) is 12.3 Å². The summed E-state index contributed by atoms with van der Waals surface area (Å²) in [5.74, 6) is -0.199. The summed E-state index contributed by atoms with van der Waals surface area (Å²) in [6, 6.07) is 0.988. The number of nitrogens with zero attached hydrogens (tertiary/aromatic N) is 2. The van der Waals surface area contributed by atoms with Crippen molar-refractivity contribution in [3.05, 3.63) is 17.0 Å². The summed E-state index contributed by atoms with van der Waals surface area (Å²) >= 11 is 4.77. The van der Waals surface area contributed by atoms with Crippen LogP contribution in [0.1, 0.15) is 6.23 Å². The number of rotatable bonds is 8. The van der Waals surface area contributed by atoms with Gasteiger partial charge in [0.1, 0.15) is 18.0 Å². The lowest BCUT2D eigenvalue weighted by Crippen LogP contribution is -2.57. The monoisotopic (exact) mass is 567 g/mol. The molecule has 0 radical (unpaired) electrons. The van der Waals surface area contributed by atoms with E-state index in [1.807, 2.05) is 0 Å². The minimum absolute atomic E-state index is 0.199. The molecule has 1 aromatic heterocycles. The van der Waals surface area contributed by atoms with Gasteiger partial charge >= 0.3 is 29.6 Å². The van der Waals surface area contributed by atoms with Gasteiger partial charge in [-0.25, -0.2) is 18.7 Å². The van der Waals surface area contributed by atoms with Crippen molar-refractivity contribution < 1.29 is 74.5 Å². The highest BCUT2D eigenvalue weighted by Gasteiger charge is 2.71. The summed E-state index contributed by atoms with van der Waals surface area (Å²) in [5, 5.41) is 20.4. The Kier molecular flexibility index (Phi) is 8.03. The standard InChI is InChI=1S/C10H15F3N3O13P3S/c11-10(12,13)9(18)6(17)4(27-7(9)16-2-1-5(14)15-8(16)33)3-26-31(22,23)29-32(24,25)28-30(19,20)21/h1-2,4,6-7,17-18H,3H2,(H,22,23)(H,24,25)(H2,14,15,33)(H2,19,20,21)/t4-,6?,7-,9-/m1/s1. The second-order valence-corrected chi connectivity index (χ2v) is 11.0. The molecule has 1 aromatic rings. The van der Waals surface area contributed by atoms with Crippen molar-refractivity contribution in [2.45, 2.75) is 30.2 Å². The molecule has 2 rings (SSSR count). The Morgan fingerprint density at radius 2 is 1.79 bits per heavy atom. The van der Waals surface area contributed by atoms with Crippen molar-refractivity contribution >= 4 is 41.5 Å². The Bertz CT molecular complexity index is 1100. The van der Waals surface area contributed by atoms with Crippen LogP contribution in [0.5, 0.6) is 0 Å². The van der Waals surface area contributed by atoms with E-state index < -0.39 is 65.1 Å². The van der Waals surface area contributed by atoms with Crippen LogP contribution in [0.4, 0.5) is 19.0 Å². The van der Waals surface area contributed by atoms with Crippen LogP contribution in [0.2, 0.25) is 0 Å². The van der Waals surface area contributed by atoms with Gasteiger partial charge in [-0.1, -0.05) is 0 Å². The average Bonchev–Trinajstić information content (AvgIpc) is 2.82. The summed E-state index contributed by atoms with van der Waals surface area (Å²) in [4.78, 5) is 38.9. The maximum absolute atomic E-state index is 13.7. The number of hydrogen-bond donors (Lipinski definition) is 7. The molecule has 33 heavy (non-hydrogen) atoms. The fourth-order valence-electron chi connectivity index (χ4n) is 2.56. The van der Waals surface area contributed by atoms with E-state index in [0.29, 0.717) is 4.57 Å². The molecule has 0 bridgehead atoms. The predicted octanol–water partition coefficient (Wildman–Crippen LogP) is 0.0898. The molecule has 190 valence electrons. The average molecular weight is 567 g/mol. The Morgan fingerprint density at radius 3 is 2.27 bits per heavy atom. The summed E-state index contributed by atoms with van der Waals surface area (Å²) in [6.45, 7) is -1.48. The largest absolute Gasteiger partial charge is 0.490 e. The number of phosphoric acid groups is 3. The first kappa shape index (κ1) is 28.4. The third-order valence-corrected chi connectivity index (χ3v) is 7.96. The Morgan fingerprint density at radius 1 is 1.21 bits per heavy atom. The molecule has 6 atom stereocenters. The van der Waals surface area contributed by atoms with Crippen molar-refractivity contribution in [3.8, 4) is 0 Å². The number of halogens is 3. The number of nitrogen functional groups attached to an aromatic ring is 1. The Labute approximate surface area is 185 Å². The van der Waals surface area contributed by atoms with E-state index in [4.69, 9.17) is 37.4 Å². The van der Waals surface area contributed by atoms with E-state index in [1.54, 1.807) is 0 Å². The van der Waals surface area contributed by atoms with Crippen LogP contribution in [0.15, 0.2) is 12.3 Å². The van der Waals surface area contributed by atoms with Gasteiger partial charge in [0.25, 0.3) is 0 Å². The third kappa shape index (κ3) is 6.65. The molecule has 8 N–H and O–H groups in total. The zero-order chi connectivity index (χ0) is 25.6. The maximum Gasteiger partial charge on any atom is 0.490 e. The molecule has 1 saturated heterocycles. The molecule has 23 heteroatoms. The molecule has 1 fully saturated rings. The molecular weight excluding hydrogens is 552 g/mol. The highest BCUT2D eigenvalue weighted by atomic mass is 32.1. The number of hydrogen-bond acceptors (Lipinski definition) is 12. The summed E-state index contributed by atoms with van der Waals surface area (Å²) in [7, 11) is -17.4. The smallest absolute Gasteiger partial charge is 0.387 e. The Hall–Kier alpha value is -0.820. The van der Waals surface area contributed by atoms with Crippen molar-refractivity contribution in [3.63, 3.8) is 0 Å². The van der Waals surface area contributed by atoms with E-state index in [0.717, 1.165) is 12.3 Å². The van der Waals surface area contributed by atoms with Crippen LogP contribution in [0.25, 0.3) is 0 Å². The van der Waals surface area contributed by atoms with Gasteiger partial charge in [0.05, 0.1) is 6.61 Å². The number of aliphatic hydroxyl groups excluding tert-OH is 1. The first-order chi connectivity index (χ1) is 14.7. The van der Waals surface area contributed by atoms with Crippen LogP contribution < -0.4 is 5.73 Å². The number of aliphatic hydroxyl groups is 2. The minimum Gasteiger partial charge on any atom is -0.387 e. The highest BCUT2D eigenvalue weighted by Crippen LogP contribution is 2.66. The van der Waals surface area contributed by atoms with Gasteiger partial charge in [-0.15, -0.1) is 0 Å². The van der Waals surface area contributed by atoms with E-state index in [-0.39, 0.29) is 5.82 Å². The van der Waals surface area contributed by atoms with E-state index in [1.165, 1.54) is 0 Å². The Balaban J connectivity index is 2.28. The number of phosphoric ester groups is 1. The molecule has 0 spiro atoms. The van der Waals surface area contributed by atoms with Gasteiger partial charge in [-0.05, 0) is 18.3 Å². The van der Waals surface area contributed by atoms with Gasteiger partial charge in [-0.2, -0.15) is 21.8 Å². The molecule has 1 aliphatic heterocycles. The fraction of sp³-hybridized carbons (Fsp3) is 0.600. The lowest BCUT2D eigenvalue weighted by atomic mass is 9.93. The van der Waals surface area contributed by atoms with Gasteiger partial charge < -0.3 is 40.3 Å². The van der Waals surface area contributed by atoms with E-state index in [2.05, 4.69) is 18.1 Å². The predicted molar refractivity (Wildman–Crippen MR) is 98.2 cm³/mol. The van der Waals surface area contributed by atoms with Crippen molar-refractivity contribution in [1.82, 2.24) is 9.55 Å². The zero-order valence-corrected chi connectivity index (χ0v) is 19.0. The molecule has 2 heterocycles. The molecule has 0 amide bonds. The number of nitrogens with two attached hydrogens (primary N) is 1. The summed E-state index contributed by atoms with van der Waals surface area (Å²) < 4.78 is 90.4. The van der Waals surface area contributed by atoms with Crippen LogP contribution in [-0.4, -0.2) is 69.9 Å². The first-order valence-corrected chi connectivity index (χ1v) is 12.9. The molecular formula is C10H15F3N3O13P3S. The molecule has 0 aliphatic carbocycles. The lowest BCUT2D eigenvalue weighted by Gasteiger charge is -2.33. The number of alkyl halides is 3. The molecule has 0 aromatic carbocycles. The lowest BCUT2D eigenvalue weighted by molar-refractivity contribution is -0.304. The fourth-order valence-corrected chi connectivity index (χ4v) is 5.86. The van der Waals surface area contributed by atoms with Gasteiger partial charge in [0.15, 0.2) is 6.23 Å². The topological polar surface area (TPSA) is 253 Å². The minimum atomic E-state index is -5.91. The number of anilines is 1. The van der Waals surface area contributed by atoms with Gasteiger partial charge in [-0.3, -0.25) is 9.09 Å². The number of ether oxygens (including phenoxy) is 1. The highest BCUT2D eigenvalue weighted by molar-refractivity contribution is 7.71. The van der Waals surface area contributed by atoms with Crippen molar-refractivity contribution in [1.29, 1.82) is 0 Å². The normalized spacial score (nSPS) is 30.0. The summed E-state index contributed by atoms with van der Waals surface area (Å²) in [5.41, 5.74) is 1.29. The van der Waals surface area contributed by atoms with Crippen LogP contribution in [-0.2, 0) is 31.6 Å². The van der Waals surface area contributed by atoms with E-state index in [9.17, 15) is 42.0 Å².